The van der Waals surface area contributed by atoms with E-state index in [1.54, 1.807) is 39.0 Å². The Labute approximate surface area is 293 Å². The summed E-state index contributed by atoms with van der Waals surface area (Å²) in [7, 11) is 0. The molecule has 3 fully saturated rings. The summed E-state index contributed by atoms with van der Waals surface area (Å²) in [5.41, 5.74) is 3.41. The molecule has 266 valence electrons. The minimum Gasteiger partial charge on any atom is -0.460 e. The Kier molecular flexibility index (Phi) is 9.73. The van der Waals surface area contributed by atoms with Crippen molar-refractivity contribution in [3.63, 3.8) is 0 Å². The second-order valence-electron chi connectivity index (χ2n) is 15.3. The molecule has 0 radical (unpaired) electrons. The van der Waals surface area contributed by atoms with Crippen LogP contribution in [0.3, 0.4) is 0 Å². The number of benzene rings is 2. The number of rotatable bonds is 10. The van der Waals surface area contributed by atoms with Crippen molar-refractivity contribution in [3.05, 3.63) is 88.5 Å². The first-order valence-electron chi connectivity index (χ1n) is 17.9. The molecule has 5 aliphatic rings. The number of amides is 1. The van der Waals surface area contributed by atoms with Crippen molar-refractivity contribution in [2.24, 2.45) is 5.92 Å². The normalized spacial score (nSPS) is 28.3. The van der Waals surface area contributed by atoms with Crippen molar-refractivity contribution in [3.8, 4) is 0 Å². The Morgan fingerprint density at radius 3 is 2.44 bits per heavy atom. The molecule has 3 aliphatic carbocycles. The van der Waals surface area contributed by atoms with Crippen molar-refractivity contribution < 1.29 is 43.2 Å². The molecule has 0 bridgehead atoms. The molecule has 2 N–H and O–H groups in total. The van der Waals surface area contributed by atoms with Crippen LogP contribution in [0.25, 0.3) is 6.08 Å². The van der Waals surface area contributed by atoms with E-state index in [1.165, 1.54) is 0 Å². The Hall–Kier alpha value is -3.83. The van der Waals surface area contributed by atoms with E-state index in [0.717, 1.165) is 36.0 Å². The summed E-state index contributed by atoms with van der Waals surface area (Å²) >= 11 is 0. The Morgan fingerprint density at radius 1 is 1.02 bits per heavy atom. The fourth-order valence-electron chi connectivity index (χ4n) is 7.63. The van der Waals surface area contributed by atoms with E-state index in [1.807, 2.05) is 24.3 Å². The summed E-state index contributed by atoms with van der Waals surface area (Å²) in [6, 6.07) is 14.7. The highest BCUT2D eigenvalue weighted by molar-refractivity contribution is 5.94. The summed E-state index contributed by atoms with van der Waals surface area (Å²) in [5, 5.41) is 12.9. The third-order valence-electron chi connectivity index (χ3n) is 10.2. The Morgan fingerprint density at radius 2 is 1.76 bits per heavy atom. The van der Waals surface area contributed by atoms with Crippen LogP contribution in [0.1, 0.15) is 86.3 Å². The molecule has 3 unspecified atom stereocenters. The molecule has 2 saturated heterocycles. The summed E-state index contributed by atoms with van der Waals surface area (Å²) in [4.78, 5) is 39.4. The van der Waals surface area contributed by atoms with Crippen LogP contribution in [0.2, 0.25) is 0 Å². The van der Waals surface area contributed by atoms with E-state index >= 15 is 0 Å². The number of carbonyl (C=O) groups excluding carboxylic acids is 3. The van der Waals surface area contributed by atoms with Gasteiger partial charge in [-0.05, 0) is 87.3 Å². The molecule has 2 aromatic rings. The van der Waals surface area contributed by atoms with E-state index in [0.29, 0.717) is 42.1 Å². The number of fused-ring (bicyclic) bond motifs is 3. The predicted octanol–water partition coefficient (Wildman–Crippen LogP) is 5.00. The highest BCUT2D eigenvalue weighted by atomic mass is 16.8. The smallest absolute Gasteiger partial charge is 0.338 e. The van der Waals surface area contributed by atoms with Gasteiger partial charge in [0.05, 0.1) is 30.4 Å². The first-order chi connectivity index (χ1) is 24.0. The quantitative estimate of drug-likeness (QED) is 0.262. The van der Waals surface area contributed by atoms with Gasteiger partial charge in [-0.25, -0.2) is 4.79 Å². The highest BCUT2D eigenvalue weighted by Gasteiger charge is 2.55. The molecule has 10 heteroatoms. The summed E-state index contributed by atoms with van der Waals surface area (Å²) in [6.45, 7) is 5.01. The molecule has 7 atom stereocenters. The van der Waals surface area contributed by atoms with Crippen LogP contribution in [0.5, 0.6) is 0 Å². The van der Waals surface area contributed by atoms with Gasteiger partial charge in [-0.15, -0.1) is 0 Å². The third kappa shape index (κ3) is 8.04. The molecule has 1 amide bonds. The van der Waals surface area contributed by atoms with Crippen LogP contribution in [0.15, 0.2) is 66.3 Å². The number of ether oxygens (including phenoxy) is 5. The van der Waals surface area contributed by atoms with Crippen LogP contribution in [-0.4, -0.2) is 77.5 Å². The Bertz CT molecular complexity index is 1630. The number of epoxide rings is 1. The second-order valence-corrected chi connectivity index (χ2v) is 15.3. The lowest BCUT2D eigenvalue weighted by Gasteiger charge is -2.31. The first-order valence-corrected chi connectivity index (χ1v) is 17.9. The van der Waals surface area contributed by atoms with E-state index in [2.05, 4.69) is 29.6 Å². The molecule has 10 nitrogen and oxygen atoms in total. The lowest BCUT2D eigenvalue weighted by molar-refractivity contribution is -0.172. The number of allylic oxidation sites excluding steroid dienone is 1. The predicted molar refractivity (Wildman–Crippen MR) is 184 cm³/mol. The number of nitrogens with one attached hydrogen (secondary N) is 1. The lowest BCUT2D eigenvalue weighted by Crippen LogP contribution is -2.45. The van der Waals surface area contributed by atoms with Crippen LogP contribution in [0.4, 0.5) is 0 Å². The van der Waals surface area contributed by atoms with Crippen LogP contribution < -0.4 is 5.32 Å². The lowest BCUT2D eigenvalue weighted by atomic mass is 9.89. The average Bonchev–Trinajstić information content (AvgIpc) is 3.64. The van der Waals surface area contributed by atoms with E-state index in [9.17, 15) is 19.5 Å². The van der Waals surface area contributed by atoms with Crippen LogP contribution in [-0.2, 0) is 46.1 Å². The average molecular weight is 686 g/mol. The van der Waals surface area contributed by atoms with Gasteiger partial charge < -0.3 is 34.1 Å². The maximum atomic E-state index is 13.6. The molecule has 2 aromatic carbocycles. The maximum absolute atomic E-state index is 13.6. The fraction of sp³-hybridized carbons (Fsp3) is 0.525. The second kappa shape index (κ2) is 14.1. The number of aliphatic hydroxyl groups is 1. The van der Waals surface area contributed by atoms with Crippen molar-refractivity contribution in [1.29, 1.82) is 0 Å². The highest BCUT2D eigenvalue weighted by Crippen LogP contribution is 2.45. The molecule has 2 aliphatic heterocycles. The number of hydrogen-bond donors (Lipinski definition) is 2. The van der Waals surface area contributed by atoms with Gasteiger partial charge in [0.25, 0.3) is 0 Å². The van der Waals surface area contributed by atoms with Gasteiger partial charge in [0.1, 0.15) is 23.9 Å². The zero-order valence-electron chi connectivity index (χ0n) is 29.0. The molecule has 7 rings (SSSR count). The maximum Gasteiger partial charge on any atom is 0.338 e. The molecule has 0 aromatic heterocycles. The number of carbonyl (C=O) groups is 3. The van der Waals surface area contributed by atoms with Gasteiger partial charge in [0.2, 0.25) is 5.91 Å². The van der Waals surface area contributed by atoms with Crippen LogP contribution in [0, 0.1) is 5.92 Å². The number of hydrogen-bond acceptors (Lipinski definition) is 9. The first kappa shape index (κ1) is 34.6. The number of aliphatic hydroxyl groups excluding tert-OH is 1. The van der Waals surface area contributed by atoms with E-state index < -0.39 is 53.6 Å². The number of esters is 2. The topological polar surface area (TPSA) is 133 Å². The molecular formula is C40H47NO9. The monoisotopic (exact) mass is 685 g/mol. The largest absolute Gasteiger partial charge is 0.460 e. The molecule has 1 spiro atoms. The van der Waals surface area contributed by atoms with Crippen molar-refractivity contribution in [2.75, 3.05) is 6.61 Å². The zero-order chi connectivity index (χ0) is 35.0. The Balaban J connectivity index is 1.03. The molecule has 50 heavy (non-hydrogen) atoms. The summed E-state index contributed by atoms with van der Waals surface area (Å²) in [5.74, 6) is -1.77. The van der Waals surface area contributed by atoms with Gasteiger partial charge in [0, 0.05) is 31.3 Å². The van der Waals surface area contributed by atoms with Gasteiger partial charge >= 0.3 is 11.9 Å². The standard InChI is InChI=1S/C40H47NO9/c1-39(2,3)49-35(43)17-15-30(23-42)41-37(44)29-19-33(36-34(20-29)48-40(50-36)21-27-6-4-5-7-28(27)22-40)47-38(45)26-13-10-24(11-14-26)8-9-25-12-16-31-32(18-25)46-31/h4-11,13-14,20,25,30-34,36,42H,12,15-19,21-23H2,1-3H3,(H,41,44)/t25?,30-,31?,32?,33+,34+,36-/m0/s1. The van der Waals surface area contributed by atoms with Crippen molar-refractivity contribution in [2.45, 2.75) is 120 Å². The van der Waals surface area contributed by atoms with Crippen molar-refractivity contribution in [1.82, 2.24) is 5.32 Å². The minimum atomic E-state index is -0.925. The third-order valence-corrected chi connectivity index (χ3v) is 10.2. The summed E-state index contributed by atoms with van der Waals surface area (Å²) in [6.07, 6.45) is 9.69. The van der Waals surface area contributed by atoms with Crippen LogP contribution >= 0.6 is 0 Å². The minimum absolute atomic E-state index is 0.0395. The van der Waals surface area contributed by atoms with Gasteiger partial charge in [0.15, 0.2) is 5.79 Å². The molecular weight excluding hydrogens is 638 g/mol. The van der Waals surface area contributed by atoms with Gasteiger partial charge in [-0.3, -0.25) is 9.59 Å². The van der Waals surface area contributed by atoms with E-state index in [4.69, 9.17) is 23.7 Å². The molecule has 2 heterocycles. The zero-order valence-corrected chi connectivity index (χ0v) is 29.0. The molecule has 1 saturated carbocycles. The van der Waals surface area contributed by atoms with Crippen molar-refractivity contribution >= 4 is 23.9 Å². The fourth-order valence-corrected chi connectivity index (χ4v) is 7.63. The summed E-state index contributed by atoms with van der Waals surface area (Å²) < 4.78 is 30.3. The van der Waals surface area contributed by atoms with Gasteiger partial charge in [-0.2, -0.15) is 0 Å². The van der Waals surface area contributed by atoms with E-state index in [-0.39, 0.29) is 25.9 Å². The SMILES string of the molecule is CC(C)(C)OC(=O)CC[C@@H](CO)NC(=O)C1=C[C@H]2OC3(Cc4ccccc4C3)O[C@H]2[C@H](OC(=O)c2ccc(C=CC3CCC4OC4C3)cc2)C1. The van der Waals surface area contributed by atoms with Gasteiger partial charge in [-0.1, -0.05) is 48.6 Å².